The van der Waals surface area contributed by atoms with Gasteiger partial charge in [0.05, 0.1) is 18.7 Å². The van der Waals surface area contributed by atoms with Gasteiger partial charge in [-0.25, -0.2) is 4.79 Å². The highest BCUT2D eigenvalue weighted by Crippen LogP contribution is 2.15. The molecule has 0 radical (unpaired) electrons. The Hall–Kier alpha value is -7.88. The molecule has 0 aromatic heterocycles. The normalized spacial score (nSPS) is 16.3. The molecule has 34 heteroatoms. The zero-order valence-electron chi connectivity index (χ0n) is 57.9. The molecule has 0 aliphatic heterocycles. The zero-order chi connectivity index (χ0) is 73.3. The van der Waals surface area contributed by atoms with Crippen LogP contribution < -0.4 is 81.0 Å². The van der Waals surface area contributed by atoms with Crippen molar-refractivity contribution in [2.45, 2.75) is 234 Å². The van der Waals surface area contributed by atoms with Gasteiger partial charge in [0.15, 0.2) is 5.96 Å². The van der Waals surface area contributed by atoms with Gasteiger partial charge in [0.25, 0.3) is 0 Å². The Morgan fingerprint density at radius 1 is 0.432 bits per heavy atom. The molecule has 0 spiro atoms. The third-order valence-corrected chi connectivity index (χ3v) is 16.6. The summed E-state index contributed by atoms with van der Waals surface area (Å²) in [7, 11) is 0. The molecule has 0 heterocycles. The highest BCUT2D eigenvalue weighted by atomic mass is 32.2. The van der Waals surface area contributed by atoms with Crippen LogP contribution in [0, 0.1) is 35.5 Å². The first kappa shape index (κ1) is 87.1. The van der Waals surface area contributed by atoms with Crippen molar-refractivity contribution in [2.24, 2.45) is 57.7 Å². The number of carbonyl (C=O) groups is 14. The summed E-state index contributed by atoms with van der Waals surface area (Å²) in [5.41, 5.74) is 17.0. The zero-order valence-corrected chi connectivity index (χ0v) is 58.7. The van der Waals surface area contributed by atoms with Crippen molar-refractivity contribution in [1.29, 1.82) is 0 Å². The van der Waals surface area contributed by atoms with Gasteiger partial charge in [-0.15, -0.1) is 0 Å². The molecule has 0 aromatic carbocycles. The van der Waals surface area contributed by atoms with E-state index in [4.69, 9.17) is 17.2 Å². The molecule has 0 aliphatic carbocycles. The van der Waals surface area contributed by atoms with Crippen LogP contribution in [-0.4, -0.2) is 208 Å². The lowest BCUT2D eigenvalue weighted by atomic mass is 9.96. The Morgan fingerprint density at radius 3 is 1.22 bits per heavy atom. The Kier molecular flexibility index (Phi) is 40.3. The van der Waals surface area contributed by atoms with Crippen molar-refractivity contribution in [1.82, 2.24) is 63.8 Å². The predicted molar refractivity (Wildman–Crippen MR) is 356 cm³/mol. The molecule has 21 N–H and O–H groups in total. The van der Waals surface area contributed by atoms with E-state index in [0.29, 0.717) is 25.0 Å². The van der Waals surface area contributed by atoms with Crippen molar-refractivity contribution < 1.29 is 82.4 Å². The number of aliphatic carboxylic acids is 2. The molecule has 95 heavy (non-hydrogen) atoms. The lowest BCUT2D eigenvalue weighted by Gasteiger charge is -2.30. The van der Waals surface area contributed by atoms with Crippen LogP contribution in [0.1, 0.15) is 155 Å². The molecule has 0 saturated heterocycles. The van der Waals surface area contributed by atoms with Crippen LogP contribution in [0.4, 0.5) is 0 Å². The minimum absolute atomic E-state index is 0.0229. The maximum atomic E-state index is 14.2. The highest BCUT2D eigenvalue weighted by molar-refractivity contribution is 7.98. The van der Waals surface area contributed by atoms with E-state index in [0.717, 1.165) is 0 Å². The second-order valence-corrected chi connectivity index (χ2v) is 26.0. The number of rotatable bonds is 45. The average molecular weight is 1370 g/mol. The van der Waals surface area contributed by atoms with Gasteiger partial charge < -0.3 is 96.3 Å². The number of carbonyl (C=O) groups excluding carboxylic acids is 12. The van der Waals surface area contributed by atoms with Gasteiger partial charge in [0.2, 0.25) is 70.9 Å². The summed E-state index contributed by atoms with van der Waals surface area (Å²) in [6, 6.07) is -16.0. The van der Waals surface area contributed by atoms with E-state index in [1.807, 2.05) is 6.26 Å². The molecule has 0 bridgehead atoms. The molecule has 0 aliphatic rings. The topological polar surface area (TPSA) is 534 Å². The van der Waals surface area contributed by atoms with E-state index in [1.165, 1.54) is 32.5 Å². The number of thioether (sulfide) groups is 1. The quantitative estimate of drug-likeness (QED) is 0.0165. The number of guanidine groups is 1. The van der Waals surface area contributed by atoms with Crippen molar-refractivity contribution in [3.05, 3.63) is 0 Å². The van der Waals surface area contributed by atoms with Crippen molar-refractivity contribution in [3.8, 4) is 0 Å². The van der Waals surface area contributed by atoms with Gasteiger partial charge in [-0.2, -0.15) is 11.8 Å². The van der Waals surface area contributed by atoms with E-state index in [2.05, 4.69) is 68.8 Å². The van der Waals surface area contributed by atoms with E-state index in [-0.39, 0.29) is 38.2 Å². The van der Waals surface area contributed by atoms with Crippen LogP contribution in [0.15, 0.2) is 4.99 Å². The third kappa shape index (κ3) is 31.5. The molecular weight excluding hydrogens is 1260 g/mol. The summed E-state index contributed by atoms with van der Waals surface area (Å²) >= 11 is 1.44. The van der Waals surface area contributed by atoms with Gasteiger partial charge in [0.1, 0.15) is 66.5 Å². The fourth-order valence-electron chi connectivity index (χ4n) is 9.11. The number of hydrogen-bond acceptors (Lipinski definition) is 18. The van der Waals surface area contributed by atoms with Crippen LogP contribution in [0.25, 0.3) is 0 Å². The van der Waals surface area contributed by atoms with E-state index < -0.39 is 210 Å². The summed E-state index contributed by atoms with van der Waals surface area (Å²) in [5, 5.41) is 60.2. The summed E-state index contributed by atoms with van der Waals surface area (Å²) in [6.45, 7) is 22.9. The van der Waals surface area contributed by atoms with Gasteiger partial charge in [-0.1, -0.05) is 102 Å². The van der Waals surface area contributed by atoms with Crippen molar-refractivity contribution in [3.63, 3.8) is 0 Å². The minimum atomic E-state index is -1.78. The van der Waals surface area contributed by atoms with Crippen LogP contribution in [0.3, 0.4) is 0 Å². The lowest BCUT2D eigenvalue weighted by Crippen LogP contribution is -2.63. The molecule has 0 aromatic rings. The summed E-state index contributed by atoms with van der Waals surface area (Å²) < 4.78 is 0. The molecule has 33 nitrogen and oxygen atoms in total. The van der Waals surface area contributed by atoms with Gasteiger partial charge in [0, 0.05) is 13.0 Å². The molecule has 0 saturated carbocycles. The standard InChI is InChI=1S/C61H110N16O17S/c1-17-31(10)45(58(91)73-43(29(6)7)55(88)68-35(14)50(83)76-47(60(93)94)33(12)19-3)71-40(79)27-66-54(87)42(28(4)5)72-49(82)34(13)67-56(89)44(30(8)9)74-59(92)48(36(15)78)77-52(85)38(21-20-25-65-61(63)64)70-57(90)46(32(11)18-2)75-53(86)39(22-23-41(80)81)69-51(84)37(62)24-26-95-16/h28-39,42-48,78H,17-27,62H2,1-16H3,(H,66,87)(H,67,89)(H,68,88)(H,69,84)(H,70,90)(H,71,79)(H,72,82)(H,73,91)(H,74,92)(H,75,86)(H,76,83)(H,77,85)(H,80,81)(H,93,94)(H4,63,64,65)/t31-,32-,33-,34-,35-,36+,37-,38-,39-,42-,43-,44-,45-,46-,47-,48-/m0/s1. The number of nitrogens with zero attached hydrogens (tertiary/aromatic N) is 1. The Bertz CT molecular complexity index is 2630. The Balaban J connectivity index is 6.37. The van der Waals surface area contributed by atoms with Gasteiger partial charge in [-0.05, 0) is 94.0 Å². The van der Waals surface area contributed by atoms with Gasteiger partial charge >= 0.3 is 11.9 Å². The van der Waals surface area contributed by atoms with Crippen molar-refractivity contribution in [2.75, 3.05) is 25.1 Å². The van der Waals surface area contributed by atoms with Crippen molar-refractivity contribution >= 4 is 101 Å². The second-order valence-electron chi connectivity index (χ2n) is 25.0. The molecule has 0 rings (SSSR count). The summed E-state index contributed by atoms with van der Waals surface area (Å²) in [5.74, 6) is -15.8. The first-order valence-corrected chi connectivity index (χ1v) is 33.6. The number of nitrogens with one attached hydrogen (secondary N) is 12. The van der Waals surface area contributed by atoms with E-state index in [1.54, 1.807) is 83.1 Å². The first-order valence-electron chi connectivity index (χ1n) is 32.2. The number of aliphatic hydroxyl groups is 1. The summed E-state index contributed by atoms with van der Waals surface area (Å²) in [4.78, 5) is 191. The first-order chi connectivity index (χ1) is 44.2. The Labute approximate surface area is 561 Å². The monoisotopic (exact) mass is 1370 g/mol. The van der Waals surface area contributed by atoms with E-state index >= 15 is 0 Å². The largest absolute Gasteiger partial charge is 0.481 e. The fourth-order valence-corrected chi connectivity index (χ4v) is 9.60. The van der Waals surface area contributed by atoms with Gasteiger partial charge in [-0.3, -0.25) is 67.3 Å². The molecular formula is C61H110N16O17S. The Morgan fingerprint density at radius 2 is 0.800 bits per heavy atom. The molecule has 16 atom stereocenters. The summed E-state index contributed by atoms with van der Waals surface area (Å²) in [6.07, 6.45) is 0.576. The molecule has 0 fully saturated rings. The molecule has 542 valence electrons. The molecule has 12 amide bonds. The predicted octanol–water partition coefficient (Wildman–Crippen LogP) is -2.95. The number of carboxylic acids is 2. The number of aliphatic hydroxyl groups excluding tert-OH is 1. The highest BCUT2D eigenvalue weighted by Gasteiger charge is 2.39. The maximum Gasteiger partial charge on any atom is 0.326 e. The number of amides is 12. The molecule has 0 unspecified atom stereocenters. The average Bonchev–Trinajstić information content (AvgIpc) is 0.923. The number of aliphatic imine (C=N–C) groups is 1. The van der Waals surface area contributed by atoms with Crippen LogP contribution in [-0.2, 0) is 67.1 Å². The third-order valence-electron chi connectivity index (χ3n) is 15.9. The lowest BCUT2D eigenvalue weighted by molar-refractivity contribution is -0.144. The van der Waals surface area contributed by atoms with E-state index in [9.17, 15) is 82.4 Å². The maximum absolute atomic E-state index is 14.2. The van der Waals surface area contributed by atoms with Crippen LogP contribution in [0.2, 0.25) is 0 Å². The second kappa shape index (κ2) is 44.0. The van der Waals surface area contributed by atoms with Crippen LogP contribution >= 0.6 is 11.8 Å². The van der Waals surface area contributed by atoms with Crippen LogP contribution in [0.5, 0.6) is 0 Å². The number of nitrogens with two attached hydrogens (primary N) is 3. The fraction of sp³-hybridized carbons (Fsp3) is 0.754. The smallest absolute Gasteiger partial charge is 0.326 e. The SMILES string of the molecule is CC[C@H](C)[C@H](NC(=O)[C@H](C)NC(=O)[C@@H](NC(=O)[C@@H](NC(=O)CNC(=O)[C@@H](NC(=O)[C@H](C)NC(=O)[C@@H](NC(=O)[C@@H](NC(=O)[C@H](CCCN=C(N)N)NC(=O)[C@@H](NC(=O)[C@H](CCC(=O)O)NC(=O)[C@@H](N)CCSC)[C@@H](C)CC)[C@@H](C)O)C(C)C)C(C)C)[C@@H](C)CC)C(C)C)C(=O)O. The number of carboxylic acid groups (broad SMARTS) is 2. The number of hydrogen-bond donors (Lipinski definition) is 18. The minimum Gasteiger partial charge on any atom is -0.481 e.